The molecule has 2 aromatic rings. The maximum Gasteiger partial charge on any atom is 0.331 e. The Balaban J connectivity index is 2.29. The van der Waals surface area contributed by atoms with Gasteiger partial charge < -0.3 is 26.7 Å². The van der Waals surface area contributed by atoms with E-state index in [0.29, 0.717) is 30.5 Å². The minimum absolute atomic E-state index is 0.104. The Morgan fingerprint density at radius 1 is 0.758 bits per heavy atom. The lowest BCUT2D eigenvalue weighted by atomic mass is 9.76. The first-order chi connectivity index (χ1) is 16.0. The third-order valence-corrected chi connectivity index (χ3v) is 5.37. The third-order valence-electron chi connectivity index (χ3n) is 5.37. The number of esters is 2. The molecule has 0 radical (unpaired) electrons. The van der Waals surface area contributed by atoms with Gasteiger partial charge in [0.1, 0.15) is 13.2 Å². The van der Waals surface area contributed by atoms with Gasteiger partial charge in [0.25, 0.3) is 0 Å². The van der Waals surface area contributed by atoms with Crippen molar-refractivity contribution in [3.8, 4) is 0 Å². The van der Waals surface area contributed by atoms with Gasteiger partial charge in [0, 0.05) is 0 Å². The van der Waals surface area contributed by atoms with Crippen molar-refractivity contribution >= 4 is 17.7 Å². The van der Waals surface area contributed by atoms with Crippen LogP contribution in [0.5, 0.6) is 0 Å². The van der Waals surface area contributed by atoms with Crippen LogP contribution in [0.25, 0.3) is 0 Å². The average molecular weight is 456 g/mol. The van der Waals surface area contributed by atoms with Crippen molar-refractivity contribution in [3.05, 3.63) is 71.8 Å². The lowest BCUT2D eigenvalue weighted by Gasteiger charge is -2.30. The second-order valence-electron chi connectivity index (χ2n) is 7.82. The topological polar surface area (TPSA) is 148 Å². The number of ketones is 1. The fraction of sp³-hybridized carbons (Fsp3) is 0.400. The van der Waals surface area contributed by atoms with Crippen LogP contribution in [0, 0.1) is 5.41 Å². The van der Waals surface area contributed by atoms with Crippen LogP contribution >= 0.6 is 0 Å². The van der Waals surface area contributed by atoms with Crippen LogP contribution in [-0.4, -0.2) is 36.9 Å². The van der Waals surface area contributed by atoms with E-state index in [2.05, 4.69) is 0 Å². The number of ether oxygens (including phenoxy) is 2. The van der Waals surface area contributed by atoms with E-state index in [0.717, 1.165) is 0 Å². The summed E-state index contributed by atoms with van der Waals surface area (Å²) in [5, 5.41) is 0. The highest BCUT2D eigenvalue weighted by Gasteiger charge is 2.56. The largest absolute Gasteiger partial charge is 0.460 e. The van der Waals surface area contributed by atoms with Crippen LogP contribution in [0.15, 0.2) is 60.7 Å². The van der Waals surface area contributed by atoms with Gasteiger partial charge in [-0.05, 0) is 43.5 Å². The van der Waals surface area contributed by atoms with Crippen LogP contribution in [0.1, 0.15) is 36.8 Å². The molecule has 33 heavy (non-hydrogen) atoms. The highest BCUT2D eigenvalue weighted by Crippen LogP contribution is 2.30. The molecule has 0 saturated heterocycles. The number of hydrogen-bond acceptors (Lipinski definition) is 8. The Morgan fingerprint density at radius 3 is 1.67 bits per heavy atom. The summed E-state index contributed by atoms with van der Waals surface area (Å²) in [5.74, 6) is -2.76. The minimum atomic E-state index is -2.24. The molecule has 0 saturated carbocycles. The number of carbonyl (C=O) groups excluding carboxylic acids is 3. The summed E-state index contributed by atoms with van der Waals surface area (Å²) in [6, 6.07) is 16.9. The molecule has 8 nitrogen and oxygen atoms in total. The molecule has 1 atom stereocenters. The van der Waals surface area contributed by atoms with Crippen LogP contribution < -0.4 is 17.2 Å². The Labute approximate surface area is 194 Å². The molecule has 0 bridgehead atoms. The molecular weight excluding hydrogens is 422 g/mol. The number of benzene rings is 2. The van der Waals surface area contributed by atoms with Gasteiger partial charge in [-0.2, -0.15) is 0 Å². The summed E-state index contributed by atoms with van der Waals surface area (Å²) in [7, 11) is 0. The van der Waals surface area contributed by atoms with Gasteiger partial charge in [0.05, 0.1) is 6.04 Å². The maximum absolute atomic E-state index is 13.4. The number of Topliss-reactive ketones (excluding diaryl/α,β-unsaturated/α-hetero) is 1. The van der Waals surface area contributed by atoms with E-state index in [4.69, 9.17) is 26.7 Å². The van der Waals surface area contributed by atoms with Gasteiger partial charge in [-0.25, -0.2) is 0 Å². The Kier molecular flexibility index (Phi) is 10.7. The van der Waals surface area contributed by atoms with Gasteiger partial charge in [-0.1, -0.05) is 67.1 Å². The number of unbranched alkanes of at least 4 members (excludes halogenated alkanes) is 1. The summed E-state index contributed by atoms with van der Waals surface area (Å²) in [5.41, 5.74) is 16.6. The summed E-state index contributed by atoms with van der Waals surface area (Å²) in [4.78, 5) is 40.0. The molecule has 178 valence electrons. The van der Waals surface area contributed by atoms with E-state index < -0.39 is 29.2 Å². The molecular formula is C25H33N3O5. The molecule has 0 amide bonds. The Bertz CT molecular complexity index is 834. The molecule has 0 aliphatic rings. The van der Waals surface area contributed by atoms with E-state index in [9.17, 15) is 14.4 Å². The second kappa shape index (κ2) is 13.5. The number of nitrogens with two attached hydrogens (primary N) is 3. The molecule has 0 heterocycles. The van der Waals surface area contributed by atoms with Gasteiger partial charge in [0.15, 0.2) is 5.78 Å². The van der Waals surface area contributed by atoms with Gasteiger partial charge in [0.2, 0.25) is 5.41 Å². The van der Waals surface area contributed by atoms with Crippen molar-refractivity contribution in [1.29, 1.82) is 0 Å². The fourth-order valence-electron chi connectivity index (χ4n) is 3.48. The quantitative estimate of drug-likeness (QED) is 0.222. The van der Waals surface area contributed by atoms with Gasteiger partial charge >= 0.3 is 11.9 Å². The van der Waals surface area contributed by atoms with Crippen LogP contribution in [0.3, 0.4) is 0 Å². The summed E-state index contributed by atoms with van der Waals surface area (Å²) < 4.78 is 10.8. The normalized spacial score (nSPS) is 12.1. The van der Waals surface area contributed by atoms with E-state index in [1.54, 1.807) is 48.5 Å². The smallest absolute Gasteiger partial charge is 0.331 e. The molecule has 2 rings (SSSR count). The van der Waals surface area contributed by atoms with E-state index in [-0.39, 0.29) is 32.6 Å². The van der Waals surface area contributed by atoms with Crippen molar-refractivity contribution in [2.75, 3.05) is 13.1 Å². The standard InChI is InChI=1S/C25H33N3O5/c26-15-8-7-13-21(28)22(29)25(14-16-27,23(30)32-17-19-9-3-1-4-10-19)24(31)33-18-20-11-5-2-6-12-20/h1-6,9-12,21H,7-8,13-18,26-28H2. The zero-order valence-electron chi connectivity index (χ0n) is 18.8. The summed E-state index contributed by atoms with van der Waals surface area (Å²) in [6.45, 7) is 0.135. The summed E-state index contributed by atoms with van der Waals surface area (Å²) in [6.07, 6.45) is 1.26. The molecule has 0 aliphatic heterocycles. The summed E-state index contributed by atoms with van der Waals surface area (Å²) >= 11 is 0. The molecule has 2 aromatic carbocycles. The monoisotopic (exact) mass is 455 g/mol. The zero-order valence-corrected chi connectivity index (χ0v) is 18.8. The molecule has 0 aliphatic carbocycles. The molecule has 0 fully saturated rings. The predicted molar refractivity (Wildman–Crippen MR) is 124 cm³/mol. The second-order valence-corrected chi connectivity index (χ2v) is 7.82. The minimum Gasteiger partial charge on any atom is -0.460 e. The average Bonchev–Trinajstić information content (AvgIpc) is 2.85. The van der Waals surface area contributed by atoms with Crippen molar-refractivity contribution in [3.63, 3.8) is 0 Å². The molecule has 0 spiro atoms. The van der Waals surface area contributed by atoms with Crippen molar-refractivity contribution < 1.29 is 23.9 Å². The lowest BCUT2D eigenvalue weighted by Crippen LogP contribution is -2.55. The Hall–Kier alpha value is -3.07. The van der Waals surface area contributed by atoms with Crippen LogP contribution in [0.2, 0.25) is 0 Å². The number of hydrogen-bond donors (Lipinski definition) is 3. The first-order valence-corrected chi connectivity index (χ1v) is 11.1. The first-order valence-electron chi connectivity index (χ1n) is 11.1. The highest BCUT2D eigenvalue weighted by molar-refractivity contribution is 6.21. The van der Waals surface area contributed by atoms with E-state index in [1.807, 2.05) is 12.1 Å². The van der Waals surface area contributed by atoms with Crippen molar-refractivity contribution in [1.82, 2.24) is 0 Å². The van der Waals surface area contributed by atoms with Crippen molar-refractivity contribution in [2.45, 2.75) is 44.9 Å². The number of rotatable bonds is 14. The zero-order chi connectivity index (χ0) is 24.1. The van der Waals surface area contributed by atoms with Crippen LogP contribution in [-0.2, 0) is 37.1 Å². The van der Waals surface area contributed by atoms with E-state index >= 15 is 0 Å². The van der Waals surface area contributed by atoms with Gasteiger partial charge in [-0.3, -0.25) is 14.4 Å². The van der Waals surface area contributed by atoms with Crippen molar-refractivity contribution in [2.24, 2.45) is 22.6 Å². The van der Waals surface area contributed by atoms with E-state index in [1.165, 1.54) is 0 Å². The lowest BCUT2D eigenvalue weighted by molar-refractivity contribution is -0.177. The van der Waals surface area contributed by atoms with Gasteiger partial charge in [-0.15, -0.1) is 0 Å². The SMILES string of the molecule is NCCCCC(N)C(=O)C(CCN)(C(=O)OCc1ccccc1)C(=O)OCc1ccccc1. The maximum atomic E-state index is 13.4. The molecule has 6 N–H and O–H groups in total. The first kappa shape index (κ1) is 26.2. The molecule has 0 aromatic heterocycles. The number of carbonyl (C=O) groups is 3. The van der Waals surface area contributed by atoms with Crippen LogP contribution in [0.4, 0.5) is 0 Å². The molecule has 8 heteroatoms. The predicted octanol–water partition coefficient (Wildman–Crippen LogP) is 1.83. The highest BCUT2D eigenvalue weighted by atomic mass is 16.6. The fourth-order valence-corrected chi connectivity index (χ4v) is 3.48. The third kappa shape index (κ3) is 7.21. The Morgan fingerprint density at radius 2 is 1.24 bits per heavy atom. The molecule has 1 unspecified atom stereocenters.